The van der Waals surface area contributed by atoms with Crippen LogP contribution in [0.2, 0.25) is 0 Å². The Kier molecular flexibility index (Phi) is 29.3. The zero-order chi connectivity index (χ0) is 71.4. The summed E-state index contributed by atoms with van der Waals surface area (Å²) in [4.78, 5) is 9.62. The van der Waals surface area contributed by atoms with Gasteiger partial charge >= 0.3 is 240 Å². The fourth-order valence-electron chi connectivity index (χ4n) is 17.8. The van der Waals surface area contributed by atoms with Crippen molar-refractivity contribution in [2.75, 3.05) is 45.8 Å². The van der Waals surface area contributed by atoms with Gasteiger partial charge in [0.2, 0.25) is 0 Å². The number of benzene rings is 8. The van der Waals surface area contributed by atoms with Gasteiger partial charge in [-0.25, -0.2) is 0 Å². The maximum absolute atomic E-state index is 6.19. The van der Waals surface area contributed by atoms with Crippen molar-refractivity contribution in [1.82, 2.24) is 0 Å². The number of rotatable bonds is 9. The van der Waals surface area contributed by atoms with Gasteiger partial charge in [-0.1, -0.05) is 90.0 Å². The molecular weight excluding hydrogens is 1520 g/mol. The van der Waals surface area contributed by atoms with Crippen molar-refractivity contribution in [3.63, 3.8) is 0 Å². The molecule has 5 aliphatic carbocycles. The molecule has 0 N–H and O–H groups in total. The molecule has 102 heavy (non-hydrogen) atoms. The van der Waals surface area contributed by atoms with Gasteiger partial charge in [0.15, 0.2) is 0 Å². The average molecular weight is 1640 g/mol. The fraction of sp³-hybridized carbons (Fsp3) is 0.374. The van der Waals surface area contributed by atoms with Crippen LogP contribution in [0.4, 0.5) is 22.7 Å². The van der Waals surface area contributed by atoms with E-state index in [0.717, 1.165) is 34.4 Å². The van der Waals surface area contributed by atoms with Crippen LogP contribution in [0, 0.1) is 104 Å². The third-order valence-electron chi connectivity index (χ3n) is 21.6. The first-order valence-corrected chi connectivity index (χ1v) is 49.6. The molecule has 2 aliphatic heterocycles. The summed E-state index contributed by atoms with van der Waals surface area (Å²) in [5.41, 5.74) is 35.1. The van der Waals surface area contributed by atoms with E-state index in [1.54, 1.807) is 96.3 Å². The van der Waals surface area contributed by atoms with E-state index in [1.807, 2.05) is 48.5 Å². The van der Waals surface area contributed by atoms with E-state index < -0.39 is 27.0 Å². The van der Waals surface area contributed by atoms with Crippen LogP contribution in [0.15, 0.2) is 170 Å². The molecule has 2 saturated heterocycles. The van der Waals surface area contributed by atoms with E-state index in [-0.39, 0.29) is 15.3 Å². The van der Waals surface area contributed by atoms with Crippen molar-refractivity contribution in [2.45, 2.75) is 196 Å². The molecule has 0 radical (unpaired) electrons. The Labute approximate surface area is 643 Å². The summed E-state index contributed by atoms with van der Waals surface area (Å²) in [7, 11) is 24.7. The van der Waals surface area contributed by atoms with Gasteiger partial charge in [-0.3, -0.25) is 0 Å². The molecule has 0 spiro atoms. The summed E-state index contributed by atoms with van der Waals surface area (Å²) >= 11 is -3.76. The monoisotopic (exact) mass is 1630 g/mol. The molecule has 7 aliphatic rings. The van der Waals surface area contributed by atoms with E-state index in [9.17, 15) is 0 Å². The number of aryl methyl sites for hydroxylation is 12. The standard InChI is InChI=1S/2C21H27N2.C18H33P.2C15H10.CH3.4ClH.2Ru/c2*1-14-9-16(3)20(17(4)10-14)22-7-8-23(13-22)21-18(5)11-15(2)12-19(21)6;1-4-10-16(11-5-1)19(17-12-6-2-7-13-17)18-14-8-3-9-15-18;2*1-2-6-12(7-3-1)15-11-10-13-8-4-5-9-14(13)15;;;;;;;/h2*9-13H,7-8H2,1-6H3;16-18H,1-15H2;2*1-9,11H;1H3;4*1H;;/q2*-1;;;;-1;;;;;2*+2/p-3. The van der Waals surface area contributed by atoms with E-state index in [4.69, 9.17) is 38.8 Å². The van der Waals surface area contributed by atoms with Crippen LogP contribution in [0.5, 0.6) is 0 Å². The first-order valence-electron chi connectivity index (χ1n) is 37.1. The van der Waals surface area contributed by atoms with Crippen molar-refractivity contribution in [3.05, 3.63) is 291 Å². The third-order valence-corrected chi connectivity index (χ3v) is 32.4. The summed E-state index contributed by atoms with van der Waals surface area (Å²) < 4.78 is 2.25. The van der Waals surface area contributed by atoms with Crippen molar-refractivity contribution in [3.8, 4) is 0 Å². The molecule has 0 aromatic heterocycles. The topological polar surface area (TPSA) is 13.0 Å². The van der Waals surface area contributed by atoms with E-state index in [0.29, 0.717) is 0 Å². The molecule has 5 fully saturated rings. The fourth-order valence-corrected chi connectivity index (χ4v) is 28.0. The Morgan fingerprint density at radius 2 is 0.539 bits per heavy atom. The number of nitrogens with zero attached hydrogens (tertiary/aromatic N) is 4. The minimum atomic E-state index is -1.88. The second kappa shape index (κ2) is 37.5. The molecule has 0 unspecified atom stereocenters. The predicted molar refractivity (Wildman–Crippen MR) is 448 cm³/mol. The number of allylic oxidation sites excluding steroid dienone is 2. The normalized spacial score (nSPS) is 17.0. The first kappa shape index (κ1) is 79.6. The van der Waals surface area contributed by atoms with E-state index in [2.05, 4.69) is 237 Å². The maximum atomic E-state index is 6.19. The van der Waals surface area contributed by atoms with Crippen molar-refractivity contribution >= 4 is 88.8 Å². The van der Waals surface area contributed by atoms with Gasteiger partial charge in [0.25, 0.3) is 0 Å². The number of anilines is 4. The molecule has 8 aromatic rings. The quantitative estimate of drug-likeness (QED) is 0.0811. The Morgan fingerprint density at radius 1 is 0.314 bits per heavy atom. The van der Waals surface area contributed by atoms with Crippen molar-refractivity contribution < 1.29 is 27.0 Å². The molecule has 4 nitrogen and oxygen atoms in total. The SMILES string of the molecule is C1CCC([PH+](C2CCCCC2)C2CCCCC2)CC1.Cc1cc(C)c(N2[CH-]N(c3c(C)cc(C)cc3C)CC2)c(C)c1.Cc1cc(C)c(N2[CH-]N(c3c(C)cc(C)cc3C)CC2)c(C)c1.[CH3-].[Cl][Ru]([Cl])=[C]1C=C(c2ccccc2)c2ccccc21.[Cl][Ru]([Cl])=[C]1C=C(c2ccccc2)c2ccccc21. The number of halogens is 4. The molecule has 8 aromatic carbocycles. The average Bonchev–Trinajstić information content (AvgIpc) is 1.66. The van der Waals surface area contributed by atoms with E-state index >= 15 is 0 Å². The Balaban J connectivity index is 0.000000137. The van der Waals surface area contributed by atoms with Crippen molar-refractivity contribution in [1.29, 1.82) is 0 Å². The van der Waals surface area contributed by atoms with Crippen LogP contribution in [-0.4, -0.2) is 51.4 Å². The molecule has 11 heteroatoms. The van der Waals surface area contributed by atoms with Crippen LogP contribution >= 0.6 is 46.7 Å². The van der Waals surface area contributed by atoms with Gasteiger partial charge in [0.1, 0.15) is 0 Å². The molecule has 0 bridgehead atoms. The minimum absolute atomic E-state index is 0. The third kappa shape index (κ3) is 19.6. The molecule has 15 rings (SSSR count). The molecule has 0 amide bonds. The Hall–Kier alpha value is -4.98. The summed E-state index contributed by atoms with van der Waals surface area (Å²) in [5.74, 6) is 0. The zero-order valence-corrected chi connectivity index (χ0v) is 70.5. The van der Waals surface area contributed by atoms with Crippen LogP contribution in [0.3, 0.4) is 0 Å². The van der Waals surface area contributed by atoms with Gasteiger partial charge in [0.05, 0.1) is 17.0 Å². The molecule has 546 valence electrons. The van der Waals surface area contributed by atoms with Crippen molar-refractivity contribution in [2.24, 2.45) is 0 Å². The molecule has 0 atom stereocenters. The number of hydrogen-bond acceptors (Lipinski definition) is 4. The van der Waals surface area contributed by atoms with Crippen LogP contribution in [0.25, 0.3) is 11.1 Å². The van der Waals surface area contributed by atoms with E-state index in [1.165, 1.54) is 151 Å². The molecule has 3 saturated carbocycles. The predicted octanol–water partition coefficient (Wildman–Crippen LogP) is 25.8. The number of fused-ring (bicyclic) bond motifs is 2. The van der Waals surface area contributed by atoms with Crippen LogP contribution < -0.4 is 19.6 Å². The first-order chi connectivity index (χ1) is 48.7. The Bertz CT molecular complexity index is 3790. The summed E-state index contributed by atoms with van der Waals surface area (Å²) in [5, 5.41) is 0. The summed E-state index contributed by atoms with van der Waals surface area (Å²) in [6.07, 6.45) is 28.1. The van der Waals surface area contributed by atoms with Crippen LogP contribution in [-0.2, 0) is 27.0 Å². The van der Waals surface area contributed by atoms with Gasteiger partial charge in [-0.05, 0) is 205 Å². The van der Waals surface area contributed by atoms with Gasteiger partial charge < -0.3 is 27.0 Å². The second-order valence-corrected chi connectivity index (χ2v) is 44.6. The summed E-state index contributed by atoms with van der Waals surface area (Å²) in [6.45, 7) is 35.1. The van der Waals surface area contributed by atoms with Gasteiger partial charge in [-0.15, -0.1) is 0 Å². The summed E-state index contributed by atoms with van der Waals surface area (Å²) in [6, 6.07) is 55.6. The zero-order valence-electron chi connectivity index (χ0n) is 63.0. The Morgan fingerprint density at radius 3 is 0.775 bits per heavy atom. The molecule has 2 heterocycles. The number of hydrogen-bond donors (Lipinski definition) is 0. The van der Waals surface area contributed by atoms with Crippen LogP contribution in [0.1, 0.15) is 196 Å². The van der Waals surface area contributed by atoms with Gasteiger partial charge in [-0.2, -0.15) is 13.3 Å². The molecular formula is C91H111Cl4N4PRu2-2. The van der Waals surface area contributed by atoms with Gasteiger partial charge in [0, 0.05) is 56.9 Å². The second-order valence-electron chi connectivity index (χ2n) is 29.5.